The first kappa shape index (κ1) is 18.9. The largest absolute Gasteiger partial charge is 0.459 e. The van der Waals surface area contributed by atoms with Crippen molar-refractivity contribution >= 4 is 33.4 Å². The van der Waals surface area contributed by atoms with Crippen LogP contribution in [0.3, 0.4) is 0 Å². The van der Waals surface area contributed by atoms with Crippen molar-refractivity contribution in [2.75, 3.05) is 0 Å². The van der Waals surface area contributed by atoms with Crippen LogP contribution in [-0.2, 0) is 17.8 Å². The summed E-state index contributed by atoms with van der Waals surface area (Å²) in [7, 11) is 0. The average Bonchev–Trinajstić information content (AvgIpc) is 3.42. The Morgan fingerprint density at radius 1 is 1.00 bits per heavy atom. The van der Waals surface area contributed by atoms with Gasteiger partial charge in [0.25, 0.3) is 5.91 Å². The van der Waals surface area contributed by atoms with Gasteiger partial charge in [-0.1, -0.05) is 42.5 Å². The highest BCUT2D eigenvalue weighted by Gasteiger charge is 2.23. The number of para-hydroxylation sites is 1. The number of nitrogens with zero attached hydrogens (tertiary/aromatic N) is 1. The van der Waals surface area contributed by atoms with E-state index in [4.69, 9.17) is 4.42 Å². The molecule has 0 aliphatic heterocycles. The summed E-state index contributed by atoms with van der Waals surface area (Å²) in [6, 6.07) is 19.9. The Labute approximate surface area is 171 Å². The third kappa shape index (κ3) is 4.70. The van der Waals surface area contributed by atoms with Gasteiger partial charge in [0.05, 0.1) is 23.0 Å². The molecule has 4 aromatic rings. The van der Waals surface area contributed by atoms with Crippen LogP contribution in [0.1, 0.15) is 21.1 Å². The maximum absolute atomic E-state index is 12.9. The predicted octanol–water partition coefficient (Wildman–Crippen LogP) is 3.55. The maximum atomic E-state index is 12.9. The van der Waals surface area contributed by atoms with E-state index in [9.17, 15) is 9.59 Å². The van der Waals surface area contributed by atoms with Gasteiger partial charge in [0.2, 0.25) is 5.91 Å². The van der Waals surface area contributed by atoms with Crippen molar-refractivity contribution in [2.24, 2.45) is 0 Å². The van der Waals surface area contributed by atoms with Gasteiger partial charge in [0.1, 0.15) is 11.0 Å². The zero-order valence-corrected chi connectivity index (χ0v) is 16.3. The summed E-state index contributed by atoms with van der Waals surface area (Å²) in [5.74, 6) is -0.527. The van der Waals surface area contributed by atoms with Crippen molar-refractivity contribution in [3.8, 4) is 0 Å². The highest BCUT2D eigenvalue weighted by atomic mass is 32.1. The average molecular weight is 405 g/mol. The summed E-state index contributed by atoms with van der Waals surface area (Å²) in [6.07, 6.45) is 1.80. The predicted molar refractivity (Wildman–Crippen MR) is 112 cm³/mol. The number of rotatable bonds is 7. The number of hydrogen-bond donors (Lipinski definition) is 2. The minimum Gasteiger partial charge on any atom is -0.459 e. The normalized spacial score (nSPS) is 11.9. The fraction of sp³-hybridized carbons (Fsp3) is 0.136. The van der Waals surface area contributed by atoms with Crippen LogP contribution in [-0.4, -0.2) is 22.8 Å². The van der Waals surface area contributed by atoms with Gasteiger partial charge in [-0.15, -0.1) is 11.3 Å². The second kappa shape index (κ2) is 8.70. The van der Waals surface area contributed by atoms with Crippen LogP contribution in [0.4, 0.5) is 0 Å². The molecule has 0 aliphatic rings. The molecular weight excluding hydrogens is 386 g/mol. The number of aromatic nitrogens is 1. The van der Waals surface area contributed by atoms with Crippen molar-refractivity contribution in [2.45, 2.75) is 19.0 Å². The number of carbonyl (C=O) groups excluding carboxylic acids is 2. The van der Waals surface area contributed by atoms with E-state index >= 15 is 0 Å². The Morgan fingerprint density at radius 2 is 1.79 bits per heavy atom. The molecule has 7 heteroatoms. The van der Waals surface area contributed by atoms with Crippen LogP contribution < -0.4 is 10.6 Å². The summed E-state index contributed by atoms with van der Waals surface area (Å²) in [4.78, 5) is 29.8. The number of amides is 2. The molecule has 0 saturated carbocycles. The Bertz CT molecular complexity index is 1070. The summed E-state index contributed by atoms with van der Waals surface area (Å²) >= 11 is 1.54. The smallest absolute Gasteiger partial charge is 0.287 e. The molecule has 2 aromatic heterocycles. The minimum atomic E-state index is -0.732. The van der Waals surface area contributed by atoms with Crippen molar-refractivity contribution < 1.29 is 14.0 Å². The lowest BCUT2D eigenvalue weighted by atomic mass is 10.1. The molecule has 0 aliphatic carbocycles. The van der Waals surface area contributed by atoms with Crippen molar-refractivity contribution in [3.05, 3.63) is 89.3 Å². The molecule has 0 spiro atoms. The van der Waals surface area contributed by atoms with Crippen molar-refractivity contribution in [3.63, 3.8) is 0 Å². The summed E-state index contributed by atoms with van der Waals surface area (Å²) in [6.45, 7) is 0.306. The Balaban J connectivity index is 1.46. The number of hydrogen-bond acceptors (Lipinski definition) is 5. The topological polar surface area (TPSA) is 84.2 Å². The van der Waals surface area contributed by atoms with Gasteiger partial charge < -0.3 is 15.1 Å². The monoisotopic (exact) mass is 405 g/mol. The van der Waals surface area contributed by atoms with E-state index < -0.39 is 11.9 Å². The third-order valence-electron chi connectivity index (χ3n) is 4.40. The molecule has 1 atom stereocenters. The molecule has 1 unspecified atom stereocenters. The number of fused-ring (bicyclic) bond motifs is 1. The fourth-order valence-electron chi connectivity index (χ4n) is 2.98. The van der Waals surface area contributed by atoms with Crippen LogP contribution in [0.5, 0.6) is 0 Å². The van der Waals surface area contributed by atoms with Crippen molar-refractivity contribution in [1.29, 1.82) is 0 Å². The standard InChI is InChI=1S/C22H19N3O3S/c26-21(23-14-20-24-16-9-4-5-11-19(16)29-20)17(13-15-7-2-1-3-8-15)25-22(27)18-10-6-12-28-18/h1-12,17H,13-14H2,(H,23,26)(H,25,27). The van der Waals surface area contributed by atoms with Gasteiger partial charge in [-0.25, -0.2) is 4.98 Å². The first-order valence-electron chi connectivity index (χ1n) is 9.19. The summed E-state index contributed by atoms with van der Waals surface area (Å²) in [5.41, 5.74) is 1.86. The second-order valence-electron chi connectivity index (χ2n) is 6.49. The second-order valence-corrected chi connectivity index (χ2v) is 7.60. The molecular formula is C22H19N3O3S. The molecule has 4 rings (SSSR count). The molecule has 2 N–H and O–H groups in total. The Hall–Kier alpha value is -3.45. The Morgan fingerprint density at radius 3 is 2.55 bits per heavy atom. The van der Waals surface area contributed by atoms with Crippen LogP contribution >= 0.6 is 11.3 Å². The molecule has 2 heterocycles. The van der Waals surface area contributed by atoms with Gasteiger partial charge in [-0.3, -0.25) is 9.59 Å². The molecule has 146 valence electrons. The van der Waals surface area contributed by atoms with Crippen LogP contribution in [0.15, 0.2) is 77.4 Å². The van der Waals surface area contributed by atoms with Gasteiger partial charge in [0, 0.05) is 6.42 Å². The molecule has 2 aromatic carbocycles. The number of carbonyl (C=O) groups is 2. The molecule has 29 heavy (non-hydrogen) atoms. The van der Waals surface area contributed by atoms with E-state index in [0.29, 0.717) is 13.0 Å². The number of benzene rings is 2. The lowest BCUT2D eigenvalue weighted by molar-refractivity contribution is -0.123. The van der Waals surface area contributed by atoms with Gasteiger partial charge in [0.15, 0.2) is 5.76 Å². The lowest BCUT2D eigenvalue weighted by Gasteiger charge is -2.18. The molecule has 0 bridgehead atoms. The minimum absolute atomic E-state index is 0.169. The van der Waals surface area contributed by atoms with E-state index in [1.165, 1.54) is 17.6 Å². The first-order valence-corrected chi connectivity index (χ1v) is 10.0. The first-order chi connectivity index (χ1) is 14.2. The van der Waals surface area contributed by atoms with E-state index in [-0.39, 0.29) is 11.7 Å². The maximum Gasteiger partial charge on any atom is 0.287 e. The van der Waals surface area contributed by atoms with Crippen LogP contribution in [0, 0.1) is 0 Å². The van der Waals surface area contributed by atoms with E-state index in [2.05, 4.69) is 15.6 Å². The molecule has 0 fully saturated rings. The zero-order chi connectivity index (χ0) is 20.1. The Kier molecular flexibility index (Phi) is 5.67. The quantitative estimate of drug-likeness (QED) is 0.493. The number of nitrogens with one attached hydrogen (secondary N) is 2. The third-order valence-corrected chi connectivity index (χ3v) is 5.44. The SMILES string of the molecule is O=C(NC(Cc1ccccc1)C(=O)NCc1nc2ccccc2s1)c1ccco1. The molecule has 0 radical (unpaired) electrons. The highest BCUT2D eigenvalue weighted by Crippen LogP contribution is 2.21. The zero-order valence-electron chi connectivity index (χ0n) is 15.5. The molecule has 6 nitrogen and oxygen atoms in total. The van der Waals surface area contributed by atoms with Gasteiger partial charge in [-0.05, 0) is 29.8 Å². The lowest BCUT2D eigenvalue weighted by Crippen LogP contribution is -2.47. The number of furan rings is 1. The van der Waals surface area contributed by atoms with Gasteiger partial charge in [-0.2, -0.15) is 0 Å². The van der Waals surface area contributed by atoms with Gasteiger partial charge >= 0.3 is 0 Å². The van der Waals surface area contributed by atoms with E-state index in [1.54, 1.807) is 12.1 Å². The highest BCUT2D eigenvalue weighted by molar-refractivity contribution is 7.18. The molecule has 2 amide bonds. The molecule has 0 saturated heterocycles. The van der Waals surface area contributed by atoms with Crippen LogP contribution in [0.2, 0.25) is 0 Å². The van der Waals surface area contributed by atoms with Crippen LogP contribution in [0.25, 0.3) is 10.2 Å². The summed E-state index contributed by atoms with van der Waals surface area (Å²) < 4.78 is 6.21. The van der Waals surface area contributed by atoms with Crippen molar-refractivity contribution in [1.82, 2.24) is 15.6 Å². The number of thiazole rings is 1. The fourth-order valence-corrected chi connectivity index (χ4v) is 3.88. The summed E-state index contributed by atoms with van der Waals surface area (Å²) in [5, 5.41) is 6.48. The van der Waals surface area contributed by atoms with E-state index in [0.717, 1.165) is 20.8 Å². The van der Waals surface area contributed by atoms with E-state index in [1.807, 2.05) is 54.6 Å².